The standard InChI is InChI=1S/C24H33N5O2/c1-30-21-10-6-9-20(23(21)31-2)22(24(27-25)29(26)19-11-12-19)28-15-13-18(14-16-28)17-7-4-3-5-8-17/h3-10,18-19,22H,11-16,25-26H2,1-2H3/b27-24-. The van der Waals surface area contributed by atoms with Gasteiger partial charge in [0.1, 0.15) is 6.04 Å². The molecule has 0 spiro atoms. The van der Waals surface area contributed by atoms with E-state index in [-0.39, 0.29) is 6.04 Å². The SMILES string of the molecule is COc1cccc(C(/C(=N/N)N(N)C2CC2)N2CCC(c3ccccc3)CC2)c1OC. The number of hydrogen-bond donors (Lipinski definition) is 2. The van der Waals surface area contributed by atoms with E-state index in [0.717, 1.165) is 44.3 Å². The van der Waals surface area contributed by atoms with Gasteiger partial charge in [-0.15, -0.1) is 0 Å². The smallest absolute Gasteiger partial charge is 0.165 e. The highest BCUT2D eigenvalue weighted by Crippen LogP contribution is 2.41. The lowest BCUT2D eigenvalue weighted by molar-refractivity contribution is 0.174. The molecule has 4 rings (SSSR count). The second kappa shape index (κ2) is 9.58. The van der Waals surface area contributed by atoms with Crippen molar-refractivity contribution < 1.29 is 9.47 Å². The van der Waals surface area contributed by atoms with Crippen molar-refractivity contribution in [1.29, 1.82) is 0 Å². The molecular weight excluding hydrogens is 390 g/mol. The number of methoxy groups -OCH3 is 2. The first-order valence-corrected chi connectivity index (χ1v) is 11.0. The number of rotatable bonds is 7. The molecule has 2 fully saturated rings. The molecule has 1 aliphatic carbocycles. The Morgan fingerprint density at radius 1 is 1.00 bits per heavy atom. The molecule has 7 heteroatoms. The minimum absolute atomic E-state index is 0.197. The summed E-state index contributed by atoms with van der Waals surface area (Å²) in [6, 6.07) is 16.8. The first-order valence-electron chi connectivity index (χ1n) is 11.0. The number of hydrazone groups is 1. The number of nitrogens with zero attached hydrogens (tertiary/aromatic N) is 3. The number of hydrogen-bond acceptors (Lipinski definition) is 6. The van der Waals surface area contributed by atoms with Crippen molar-refractivity contribution >= 4 is 5.84 Å². The normalized spacial score (nSPS) is 19.1. The van der Waals surface area contributed by atoms with Crippen LogP contribution in [-0.2, 0) is 0 Å². The van der Waals surface area contributed by atoms with Gasteiger partial charge in [0.05, 0.1) is 14.2 Å². The molecule has 166 valence electrons. The van der Waals surface area contributed by atoms with Crippen LogP contribution < -0.4 is 21.2 Å². The highest BCUT2D eigenvalue weighted by atomic mass is 16.5. The minimum atomic E-state index is -0.197. The Morgan fingerprint density at radius 2 is 1.71 bits per heavy atom. The van der Waals surface area contributed by atoms with E-state index in [0.29, 0.717) is 29.3 Å². The summed E-state index contributed by atoms with van der Waals surface area (Å²) >= 11 is 0. The van der Waals surface area contributed by atoms with Gasteiger partial charge in [0, 0.05) is 11.6 Å². The average Bonchev–Trinajstić information content (AvgIpc) is 3.68. The summed E-state index contributed by atoms with van der Waals surface area (Å²) in [6.07, 6.45) is 4.26. The third-order valence-electron chi connectivity index (χ3n) is 6.48. The van der Waals surface area contributed by atoms with Gasteiger partial charge in [-0.05, 0) is 56.3 Å². The lowest BCUT2D eigenvalue weighted by Gasteiger charge is -2.40. The molecule has 0 bridgehead atoms. The molecule has 2 aromatic carbocycles. The molecule has 1 heterocycles. The molecule has 1 unspecified atom stereocenters. The molecule has 0 radical (unpaired) electrons. The fourth-order valence-electron chi connectivity index (χ4n) is 4.66. The largest absolute Gasteiger partial charge is 0.493 e. The quantitative estimate of drug-likeness (QED) is 0.308. The molecule has 1 aliphatic heterocycles. The summed E-state index contributed by atoms with van der Waals surface area (Å²) in [6.45, 7) is 1.84. The van der Waals surface area contributed by atoms with Crippen molar-refractivity contribution in [2.75, 3.05) is 27.3 Å². The summed E-state index contributed by atoms with van der Waals surface area (Å²) in [4.78, 5) is 2.42. The topological polar surface area (TPSA) is 89.3 Å². The van der Waals surface area contributed by atoms with E-state index in [9.17, 15) is 0 Å². The third-order valence-corrected chi connectivity index (χ3v) is 6.48. The number of ether oxygens (including phenoxy) is 2. The van der Waals surface area contributed by atoms with Gasteiger partial charge in [-0.2, -0.15) is 5.10 Å². The van der Waals surface area contributed by atoms with E-state index >= 15 is 0 Å². The Labute approximate surface area is 184 Å². The average molecular weight is 424 g/mol. The monoisotopic (exact) mass is 423 g/mol. The van der Waals surface area contributed by atoms with E-state index in [4.69, 9.17) is 21.2 Å². The molecular formula is C24H33N5O2. The maximum Gasteiger partial charge on any atom is 0.165 e. The zero-order valence-electron chi connectivity index (χ0n) is 18.4. The van der Waals surface area contributed by atoms with Crippen LogP contribution >= 0.6 is 0 Å². The van der Waals surface area contributed by atoms with Crippen molar-refractivity contribution in [3.63, 3.8) is 0 Å². The van der Waals surface area contributed by atoms with Gasteiger partial charge in [0.25, 0.3) is 0 Å². The summed E-state index contributed by atoms with van der Waals surface area (Å²) in [5.74, 6) is 15.0. The van der Waals surface area contributed by atoms with E-state index in [2.05, 4.69) is 46.4 Å². The predicted octanol–water partition coefficient (Wildman–Crippen LogP) is 3.23. The van der Waals surface area contributed by atoms with E-state index in [1.54, 1.807) is 19.2 Å². The molecule has 1 saturated heterocycles. The van der Waals surface area contributed by atoms with Gasteiger partial charge in [0.2, 0.25) is 0 Å². The van der Waals surface area contributed by atoms with Gasteiger partial charge in [0.15, 0.2) is 17.3 Å². The summed E-state index contributed by atoms with van der Waals surface area (Å²) < 4.78 is 11.3. The van der Waals surface area contributed by atoms with Crippen LogP contribution in [0.25, 0.3) is 0 Å². The van der Waals surface area contributed by atoms with E-state index in [1.165, 1.54) is 5.56 Å². The van der Waals surface area contributed by atoms with Crippen molar-refractivity contribution in [1.82, 2.24) is 9.91 Å². The van der Waals surface area contributed by atoms with Gasteiger partial charge in [-0.3, -0.25) is 9.91 Å². The van der Waals surface area contributed by atoms with Gasteiger partial charge >= 0.3 is 0 Å². The maximum atomic E-state index is 6.48. The van der Waals surface area contributed by atoms with E-state index in [1.807, 2.05) is 12.1 Å². The second-order valence-corrected chi connectivity index (χ2v) is 8.33. The second-order valence-electron chi connectivity index (χ2n) is 8.33. The van der Waals surface area contributed by atoms with E-state index < -0.39 is 0 Å². The Morgan fingerprint density at radius 3 is 2.29 bits per heavy atom. The zero-order chi connectivity index (χ0) is 21.8. The van der Waals surface area contributed by atoms with Crippen molar-refractivity contribution in [3.05, 3.63) is 59.7 Å². The Bertz CT molecular complexity index is 892. The molecule has 7 nitrogen and oxygen atoms in total. The number of para-hydroxylation sites is 1. The molecule has 0 aromatic heterocycles. The fourth-order valence-corrected chi connectivity index (χ4v) is 4.66. The van der Waals surface area contributed by atoms with Crippen LogP contribution in [0.1, 0.15) is 48.8 Å². The highest BCUT2D eigenvalue weighted by molar-refractivity contribution is 5.89. The van der Waals surface area contributed by atoms with Crippen LogP contribution in [0.2, 0.25) is 0 Å². The fraction of sp³-hybridized carbons (Fsp3) is 0.458. The molecule has 0 amide bonds. The summed E-state index contributed by atoms with van der Waals surface area (Å²) in [5.41, 5.74) is 2.38. The lowest BCUT2D eigenvalue weighted by atomic mass is 9.88. The van der Waals surface area contributed by atoms with Gasteiger partial charge < -0.3 is 15.3 Å². The van der Waals surface area contributed by atoms with Crippen molar-refractivity contribution in [2.45, 2.75) is 43.7 Å². The van der Waals surface area contributed by atoms with Gasteiger partial charge in [-0.1, -0.05) is 42.5 Å². The molecule has 4 N–H and O–H groups in total. The minimum Gasteiger partial charge on any atom is -0.493 e. The van der Waals surface area contributed by atoms with Crippen molar-refractivity contribution in [2.24, 2.45) is 16.8 Å². The first-order chi connectivity index (χ1) is 15.2. The molecule has 2 aliphatic rings. The number of likely N-dealkylation sites (tertiary alicyclic amines) is 1. The Balaban J connectivity index is 1.65. The van der Waals surface area contributed by atoms with Crippen LogP contribution in [-0.4, -0.2) is 49.1 Å². The van der Waals surface area contributed by atoms with Crippen LogP contribution in [0.3, 0.4) is 0 Å². The lowest BCUT2D eigenvalue weighted by Crippen LogP contribution is -2.49. The predicted molar refractivity (Wildman–Crippen MR) is 123 cm³/mol. The molecule has 1 atom stereocenters. The molecule has 31 heavy (non-hydrogen) atoms. The summed E-state index contributed by atoms with van der Waals surface area (Å²) in [7, 11) is 3.32. The third kappa shape index (κ3) is 4.48. The Kier molecular flexibility index (Phi) is 6.63. The molecule has 2 aromatic rings. The number of amidine groups is 1. The molecule has 1 saturated carbocycles. The Hall–Kier alpha value is -2.77. The van der Waals surface area contributed by atoms with Crippen molar-refractivity contribution in [3.8, 4) is 11.5 Å². The maximum absolute atomic E-state index is 6.48. The number of benzene rings is 2. The highest BCUT2D eigenvalue weighted by Gasteiger charge is 2.39. The van der Waals surface area contributed by atoms with Crippen LogP contribution in [0.15, 0.2) is 53.6 Å². The number of nitrogens with two attached hydrogens (primary N) is 2. The zero-order valence-corrected chi connectivity index (χ0v) is 18.4. The number of hydrazine groups is 1. The van der Waals surface area contributed by atoms with Crippen LogP contribution in [0.5, 0.6) is 11.5 Å². The van der Waals surface area contributed by atoms with Crippen LogP contribution in [0, 0.1) is 0 Å². The van der Waals surface area contributed by atoms with Crippen LogP contribution in [0.4, 0.5) is 0 Å². The number of piperidine rings is 1. The van der Waals surface area contributed by atoms with Gasteiger partial charge in [-0.25, -0.2) is 5.84 Å². The first kappa shape index (κ1) is 21.5. The summed E-state index contributed by atoms with van der Waals surface area (Å²) in [5, 5.41) is 5.95.